The summed E-state index contributed by atoms with van der Waals surface area (Å²) in [6, 6.07) is 3.45. The van der Waals surface area contributed by atoms with Gasteiger partial charge in [-0.15, -0.1) is 11.3 Å². The highest BCUT2D eigenvalue weighted by Gasteiger charge is 2.46. The molecule has 1 amide bonds. The van der Waals surface area contributed by atoms with Crippen molar-refractivity contribution < 1.29 is 31.9 Å². The number of alkyl halides is 3. The van der Waals surface area contributed by atoms with Crippen LogP contribution in [-0.4, -0.2) is 42.4 Å². The number of H-pyrrole nitrogens is 1. The van der Waals surface area contributed by atoms with Gasteiger partial charge < -0.3 is 19.4 Å². The predicted octanol–water partition coefficient (Wildman–Crippen LogP) is 4.18. The van der Waals surface area contributed by atoms with E-state index < -0.39 is 46.9 Å². The molecule has 3 aromatic heterocycles. The Balaban J connectivity index is 1.65. The summed E-state index contributed by atoms with van der Waals surface area (Å²) in [5.74, 6) is -3.32. The third-order valence-corrected chi connectivity index (χ3v) is 6.49. The Labute approximate surface area is 193 Å². The van der Waals surface area contributed by atoms with E-state index in [-0.39, 0.29) is 17.1 Å². The van der Waals surface area contributed by atoms with Crippen LogP contribution < -0.4 is 0 Å². The molecule has 0 spiro atoms. The van der Waals surface area contributed by atoms with Gasteiger partial charge in [-0.2, -0.15) is 13.2 Å². The molecule has 34 heavy (non-hydrogen) atoms. The SMILES string of the molecule is CC(C)(O)c1nc(C(F)(F)F)c(C(=O)N2CCc3[nH]cnc3[C@H]2c2nc3c(F)cccc3s2)o1. The molecule has 4 aromatic rings. The molecule has 13 heteroatoms. The van der Waals surface area contributed by atoms with Gasteiger partial charge in [-0.05, 0) is 26.0 Å². The zero-order valence-corrected chi connectivity index (χ0v) is 18.6. The number of thiazole rings is 1. The molecule has 1 aromatic carbocycles. The number of hydrogen-bond acceptors (Lipinski definition) is 7. The van der Waals surface area contributed by atoms with Crippen molar-refractivity contribution in [3.63, 3.8) is 0 Å². The first kappa shape index (κ1) is 22.5. The lowest BCUT2D eigenvalue weighted by molar-refractivity contribution is -0.141. The van der Waals surface area contributed by atoms with Crippen molar-refractivity contribution in [1.82, 2.24) is 24.8 Å². The minimum atomic E-state index is -5.00. The predicted molar refractivity (Wildman–Crippen MR) is 111 cm³/mol. The number of imidazole rings is 1. The zero-order chi connectivity index (χ0) is 24.4. The molecule has 0 aliphatic carbocycles. The average molecular weight is 495 g/mol. The minimum Gasteiger partial charge on any atom is -0.432 e. The summed E-state index contributed by atoms with van der Waals surface area (Å²) >= 11 is 1.11. The van der Waals surface area contributed by atoms with E-state index in [0.29, 0.717) is 22.5 Å². The standard InChI is InChI=1S/C21H17F4N5O3S/c1-20(2,32)19-29-16(21(23,24)25)15(33-19)18(31)30-7-6-10-13(27-8-26-10)14(30)17-28-12-9(22)4-3-5-11(12)34-17/h3-5,8,14,32H,6-7H2,1-2H3,(H,26,27)/t14-/m0/s1. The van der Waals surface area contributed by atoms with Gasteiger partial charge in [-0.1, -0.05) is 6.07 Å². The molecule has 0 saturated carbocycles. The summed E-state index contributed by atoms with van der Waals surface area (Å²) in [6.45, 7) is 2.41. The lowest BCUT2D eigenvalue weighted by Crippen LogP contribution is -2.41. The van der Waals surface area contributed by atoms with Crippen molar-refractivity contribution in [3.8, 4) is 0 Å². The lowest BCUT2D eigenvalue weighted by atomic mass is 10.0. The van der Waals surface area contributed by atoms with E-state index in [1.165, 1.54) is 32.3 Å². The van der Waals surface area contributed by atoms with Crippen molar-refractivity contribution in [1.29, 1.82) is 0 Å². The highest BCUT2D eigenvalue weighted by molar-refractivity contribution is 7.18. The van der Waals surface area contributed by atoms with E-state index in [4.69, 9.17) is 4.42 Å². The fourth-order valence-corrected chi connectivity index (χ4v) is 4.94. The van der Waals surface area contributed by atoms with Crippen LogP contribution in [0.15, 0.2) is 28.9 Å². The Morgan fingerprint density at radius 2 is 2.06 bits per heavy atom. The van der Waals surface area contributed by atoms with Gasteiger partial charge in [-0.3, -0.25) is 4.79 Å². The highest BCUT2D eigenvalue weighted by Crippen LogP contribution is 2.41. The zero-order valence-electron chi connectivity index (χ0n) is 17.8. The third-order valence-electron chi connectivity index (χ3n) is 5.42. The fraction of sp³-hybridized carbons (Fsp3) is 0.333. The molecule has 0 radical (unpaired) electrons. The molecule has 1 atom stereocenters. The van der Waals surface area contributed by atoms with Crippen LogP contribution in [0.4, 0.5) is 17.6 Å². The topological polar surface area (TPSA) is 108 Å². The van der Waals surface area contributed by atoms with Crippen molar-refractivity contribution in [2.75, 3.05) is 6.54 Å². The molecular weight excluding hydrogens is 478 g/mol. The van der Waals surface area contributed by atoms with Crippen LogP contribution in [0.3, 0.4) is 0 Å². The molecule has 5 rings (SSSR count). The molecule has 0 bridgehead atoms. The number of aliphatic hydroxyl groups is 1. The van der Waals surface area contributed by atoms with Gasteiger partial charge in [0.25, 0.3) is 5.91 Å². The van der Waals surface area contributed by atoms with Crippen LogP contribution in [-0.2, 0) is 18.2 Å². The van der Waals surface area contributed by atoms with Crippen LogP contribution in [0.25, 0.3) is 10.2 Å². The van der Waals surface area contributed by atoms with Gasteiger partial charge in [0.2, 0.25) is 11.7 Å². The summed E-state index contributed by atoms with van der Waals surface area (Å²) in [7, 11) is 0. The molecule has 178 valence electrons. The highest BCUT2D eigenvalue weighted by atomic mass is 32.1. The lowest BCUT2D eigenvalue weighted by Gasteiger charge is -2.33. The largest absolute Gasteiger partial charge is 0.437 e. The van der Waals surface area contributed by atoms with Crippen LogP contribution in [0.2, 0.25) is 0 Å². The van der Waals surface area contributed by atoms with Gasteiger partial charge in [0.1, 0.15) is 28.0 Å². The molecule has 0 fully saturated rings. The van der Waals surface area contributed by atoms with E-state index in [1.807, 2.05) is 0 Å². The van der Waals surface area contributed by atoms with E-state index in [1.54, 1.807) is 6.07 Å². The first-order valence-electron chi connectivity index (χ1n) is 10.1. The number of carbonyl (C=O) groups is 1. The smallest absolute Gasteiger partial charge is 0.432 e. The van der Waals surface area contributed by atoms with E-state index >= 15 is 0 Å². The van der Waals surface area contributed by atoms with Crippen LogP contribution >= 0.6 is 11.3 Å². The number of oxazole rings is 1. The number of aromatic amines is 1. The first-order chi connectivity index (χ1) is 15.9. The number of carbonyl (C=O) groups excluding carboxylic acids is 1. The van der Waals surface area contributed by atoms with Crippen LogP contribution in [0.1, 0.15) is 58.4 Å². The monoisotopic (exact) mass is 495 g/mol. The molecule has 2 N–H and O–H groups in total. The number of halogens is 4. The number of nitrogens with one attached hydrogen (secondary N) is 1. The average Bonchev–Trinajstić information content (AvgIpc) is 3.48. The van der Waals surface area contributed by atoms with Crippen LogP contribution in [0.5, 0.6) is 0 Å². The molecule has 0 unspecified atom stereocenters. The summed E-state index contributed by atoms with van der Waals surface area (Å²) in [5, 5.41) is 10.4. The normalized spacial score (nSPS) is 16.8. The van der Waals surface area contributed by atoms with E-state index in [0.717, 1.165) is 16.2 Å². The third kappa shape index (κ3) is 3.64. The quantitative estimate of drug-likeness (QED) is 0.413. The van der Waals surface area contributed by atoms with E-state index in [2.05, 4.69) is 19.9 Å². The molecule has 1 aliphatic rings. The second-order valence-electron chi connectivity index (χ2n) is 8.31. The van der Waals surface area contributed by atoms with Crippen molar-refractivity contribution in [2.24, 2.45) is 0 Å². The second kappa shape index (κ2) is 7.60. The number of rotatable bonds is 3. The molecule has 0 saturated heterocycles. The molecule has 4 heterocycles. The van der Waals surface area contributed by atoms with Gasteiger partial charge in [0.15, 0.2) is 5.69 Å². The maximum Gasteiger partial charge on any atom is 0.437 e. The Hall–Kier alpha value is -3.32. The van der Waals surface area contributed by atoms with Crippen molar-refractivity contribution in [2.45, 2.75) is 38.1 Å². The number of para-hydroxylation sites is 1. The van der Waals surface area contributed by atoms with Crippen LogP contribution in [0, 0.1) is 5.82 Å². The number of nitrogens with zero attached hydrogens (tertiary/aromatic N) is 4. The summed E-state index contributed by atoms with van der Waals surface area (Å²) in [4.78, 5) is 29.6. The Bertz CT molecular complexity index is 1400. The van der Waals surface area contributed by atoms with Crippen molar-refractivity contribution >= 4 is 27.5 Å². The maximum absolute atomic E-state index is 14.3. The Morgan fingerprint density at radius 3 is 2.74 bits per heavy atom. The van der Waals surface area contributed by atoms with Gasteiger partial charge in [0, 0.05) is 18.7 Å². The van der Waals surface area contributed by atoms with Gasteiger partial charge >= 0.3 is 6.18 Å². The Morgan fingerprint density at radius 1 is 1.29 bits per heavy atom. The number of hydrogen-bond donors (Lipinski definition) is 2. The minimum absolute atomic E-state index is 0.0208. The molecular formula is C21H17F4N5O3S. The van der Waals surface area contributed by atoms with Crippen molar-refractivity contribution in [3.05, 3.63) is 64.1 Å². The number of amides is 1. The van der Waals surface area contributed by atoms with Gasteiger partial charge in [0.05, 0.1) is 16.7 Å². The molecule has 8 nitrogen and oxygen atoms in total. The second-order valence-corrected chi connectivity index (χ2v) is 9.37. The summed E-state index contributed by atoms with van der Waals surface area (Å²) in [5.41, 5.74) is -2.19. The maximum atomic E-state index is 14.3. The van der Waals surface area contributed by atoms with E-state index in [9.17, 15) is 27.5 Å². The van der Waals surface area contributed by atoms with Gasteiger partial charge in [-0.25, -0.2) is 19.3 Å². The summed E-state index contributed by atoms with van der Waals surface area (Å²) in [6.07, 6.45) is -3.29. The number of benzene rings is 1. The first-order valence-corrected chi connectivity index (χ1v) is 11.0. The molecule has 1 aliphatic heterocycles. The number of fused-ring (bicyclic) bond motifs is 2. The Kier molecular flexibility index (Phi) is 5.02. The number of aromatic nitrogens is 4. The summed E-state index contributed by atoms with van der Waals surface area (Å²) < 4.78 is 61.2. The fourth-order valence-electron chi connectivity index (χ4n) is 3.84.